The van der Waals surface area contributed by atoms with Crippen LogP contribution in [0.2, 0.25) is 0 Å². The Morgan fingerprint density at radius 2 is 1.92 bits per heavy atom. The molecule has 1 aromatic heterocycles. The van der Waals surface area contributed by atoms with Gasteiger partial charge in [-0.25, -0.2) is 9.67 Å². The van der Waals surface area contributed by atoms with Crippen LogP contribution in [0.5, 0.6) is 0 Å². The number of nitrogens with one attached hydrogen (secondary N) is 3. The van der Waals surface area contributed by atoms with Gasteiger partial charge in [-0.15, -0.1) is 0 Å². The maximum atomic E-state index is 12.2. The monoisotopic (exact) mass is 518 g/mol. The molecule has 202 valence electrons. The number of amides is 2. The van der Waals surface area contributed by atoms with Crippen LogP contribution in [0.1, 0.15) is 54.4 Å². The Bertz CT molecular complexity index is 1130. The molecule has 1 aliphatic carbocycles. The molecule has 5 rings (SSSR count). The van der Waals surface area contributed by atoms with Crippen LogP contribution in [-0.4, -0.2) is 59.4 Å². The van der Waals surface area contributed by atoms with E-state index in [0.29, 0.717) is 30.2 Å². The lowest BCUT2D eigenvalue weighted by Gasteiger charge is -2.34. The molecule has 9 nitrogen and oxygen atoms in total. The molecule has 2 aliphatic rings. The van der Waals surface area contributed by atoms with Crippen LogP contribution < -0.4 is 16.0 Å². The van der Waals surface area contributed by atoms with E-state index >= 15 is 0 Å². The summed E-state index contributed by atoms with van der Waals surface area (Å²) in [6.45, 7) is 1.41. The molecule has 38 heavy (non-hydrogen) atoms. The van der Waals surface area contributed by atoms with E-state index in [9.17, 15) is 9.59 Å². The van der Waals surface area contributed by atoms with Crippen LogP contribution in [0.15, 0.2) is 61.2 Å². The number of carbonyl (C=O) groups excluding carboxylic acids is 2. The van der Waals surface area contributed by atoms with Gasteiger partial charge in [0.15, 0.2) is 0 Å². The first-order valence-corrected chi connectivity index (χ1v) is 13.4. The number of para-hydroxylation sites is 1. The summed E-state index contributed by atoms with van der Waals surface area (Å²) < 4.78 is 6.95. The molecule has 0 unspecified atom stereocenters. The molecule has 0 saturated heterocycles. The summed E-state index contributed by atoms with van der Waals surface area (Å²) in [6, 6.07) is 16.5. The van der Waals surface area contributed by atoms with Crippen molar-refractivity contribution in [2.45, 2.75) is 57.0 Å². The van der Waals surface area contributed by atoms with Crippen molar-refractivity contribution in [1.82, 2.24) is 25.4 Å². The van der Waals surface area contributed by atoms with Crippen molar-refractivity contribution in [1.29, 1.82) is 0 Å². The average molecular weight is 519 g/mol. The third-order valence-corrected chi connectivity index (χ3v) is 7.25. The van der Waals surface area contributed by atoms with Crippen molar-refractivity contribution in [3.05, 3.63) is 72.3 Å². The zero-order valence-electron chi connectivity index (χ0n) is 22.0. The van der Waals surface area contributed by atoms with Crippen LogP contribution in [0.4, 0.5) is 5.69 Å². The molecular weight excluding hydrogens is 480 g/mol. The minimum atomic E-state index is 0.0158. The van der Waals surface area contributed by atoms with Gasteiger partial charge in [0, 0.05) is 30.9 Å². The normalized spacial score (nSPS) is 18.8. The number of methoxy groups -OCH3 is 1. The van der Waals surface area contributed by atoms with Crippen molar-refractivity contribution in [3.8, 4) is 5.69 Å². The Morgan fingerprint density at radius 3 is 2.63 bits per heavy atom. The molecule has 0 bridgehead atoms. The van der Waals surface area contributed by atoms with Gasteiger partial charge >= 0.3 is 0 Å². The Labute approximate surface area is 224 Å². The van der Waals surface area contributed by atoms with E-state index in [1.807, 2.05) is 30.3 Å². The highest BCUT2D eigenvalue weighted by atomic mass is 16.5. The second-order valence-electron chi connectivity index (χ2n) is 9.88. The molecule has 2 atom stereocenters. The number of rotatable bonds is 9. The summed E-state index contributed by atoms with van der Waals surface area (Å²) in [6.07, 6.45) is 11.8. The number of carbonyl (C=O) groups is 2. The lowest BCUT2D eigenvalue weighted by molar-refractivity contribution is -0.109. The van der Waals surface area contributed by atoms with Crippen LogP contribution in [-0.2, 0) is 16.0 Å². The summed E-state index contributed by atoms with van der Waals surface area (Å²) in [4.78, 5) is 26.4. The molecular formula is C29H38N6O3. The standard InChI is InChI=1S/C15H18N4O.C14H20N2O2/c20-15(18-13-4-2-1-3-5-13)12-6-8-14(9-7-12)19-11-16-10-17-19;1-18-9-14-12(6-7-15-10-17)8-11-4-2-3-5-13(11)16-14/h6-11,13H,1-5H2,(H,18,20);2-5,10,12,14,16H,6-9H2,1H3,(H,15,17)/t;12-,14-/m.0/s1. The lowest BCUT2D eigenvalue weighted by Crippen LogP contribution is -2.39. The van der Waals surface area contributed by atoms with E-state index in [4.69, 9.17) is 4.74 Å². The number of hydrogen-bond donors (Lipinski definition) is 3. The predicted molar refractivity (Wildman–Crippen MR) is 147 cm³/mol. The van der Waals surface area contributed by atoms with Gasteiger partial charge in [-0.05, 0) is 67.5 Å². The zero-order chi connectivity index (χ0) is 26.6. The van der Waals surface area contributed by atoms with Gasteiger partial charge in [0.2, 0.25) is 6.41 Å². The molecule has 0 spiro atoms. The highest BCUT2D eigenvalue weighted by molar-refractivity contribution is 5.94. The Morgan fingerprint density at radius 1 is 1.13 bits per heavy atom. The smallest absolute Gasteiger partial charge is 0.251 e. The van der Waals surface area contributed by atoms with Gasteiger partial charge in [0.1, 0.15) is 12.7 Å². The second-order valence-corrected chi connectivity index (χ2v) is 9.88. The molecule has 2 amide bonds. The highest BCUT2D eigenvalue weighted by Crippen LogP contribution is 2.30. The molecule has 9 heteroatoms. The molecule has 3 N–H and O–H groups in total. The van der Waals surface area contributed by atoms with Gasteiger partial charge in [0.25, 0.3) is 5.91 Å². The quantitative estimate of drug-likeness (QED) is 0.294. The van der Waals surface area contributed by atoms with Gasteiger partial charge in [0.05, 0.1) is 18.3 Å². The minimum absolute atomic E-state index is 0.0158. The van der Waals surface area contributed by atoms with E-state index in [-0.39, 0.29) is 5.91 Å². The fourth-order valence-electron chi connectivity index (χ4n) is 5.19. The fourth-order valence-corrected chi connectivity index (χ4v) is 5.19. The first-order chi connectivity index (χ1) is 18.7. The van der Waals surface area contributed by atoms with Crippen LogP contribution in [0.3, 0.4) is 0 Å². The van der Waals surface area contributed by atoms with Gasteiger partial charge in [-0.2, -0.15) is 5.10 Å². The first-order valence-electron chi connectivity index (χ1n) is 13.4. The number of ether oxygens (including phenoxy) is 1. The van der Waals surface area contributed by atoms with Crippen molar-refractivity contribution in [2.24, 2.45) is 5.92 Å². The summed E-state index contributed by atoms with van der Waals surface area (Å²) in [7, 11) is 1.73. The van der Waals surface area contributed by atoms with E-state index in [1.54, 1.807) is 18.1 Å². The molecule has 1 fully saturated rings. The number of nitrogens with zero attached hydrogens (tertiary/aromatic N) is 3. The third kappa shape index (κ3) is 7.64. The number of benzene rings is 2. The zero-order valence-corrected chi connectivity index (χ0v) is 22.0. The summed E-state index contributed by atoms with van der Waals surface area (Å²) in [5.41, 5.74) is 4.15. The van der Waals surface area contributed by atoms with E-state index in [2.05, 4.69) is 44.2 Å². The van der Waals surface area contributed by atoms with E-state index in [0.717, 1.165) is 44.3 Å². The number of anilines is 1. The van der Waals surface area contributed by atoms with Crippen molar-refractivity contribution < 1.29 is 14.3 Å². The van der Waals surface area contributed by atoms with Gasteiger partial charge in [-0.1, -0.05) is 37.5 Å². The van der Waals surface area contributed by atoms with E-state index < -0.39 is 0 Å². The summed E-state index contributed by atoms with van der Waals surface area (Å²) in [5, 5.41) is 13.4. The lowest BCUT2D eigenvalue weighted by atomic mass is 9.85. The number of fused-ring (bicyclic) bond motifs is 1. The second kappa shape index (κ2) is 14.3. The van der Waals surface area contributed by atoms with Crippen molar-refractivity contribution in [3.63, 3.8) is 0 Å². The van der Waals surface area contributed by atoms with Crippen LogP contribution in [0, 0.1) is 5.92 Å². The van der Waals surface area contributed by atoms with Crippen molar-refractivity contribution >= 4 is 18.0 Å². The van der Waals surface area contributed by atoms with Crippen LogP contribution >= 0.6 is 0 Å². The SMILES string of the molecule is COC[C@@H]1Nc2ccccc2C[C@@H]1CCNC=O.O=C(NC1CCCCC1)c1ccc(-n2cncn2)cc1. The summed E-state index contributed by atoms with van der Waals surface area (Å²) in [5.74, 6) is 0.509. The molecule has 0 radical (unpaired) electrons. The average Bonchev–Trinajstić information content (AvgIpc) is 3.50. The van der Waals surface area contributed by atoms with Crippen molar-refractivity contribution in [2.75, 3.05) is 25.6 Å². The van der Waals surface area contributed by atoms with E-state index in [1.165, 1.54) is 36.8 Å². The van der Waals surface area contributed by atoms with Gasteiger partial charge < -0.3 is 20.7 Å². The Hall–Kier alpha value is -3.72. The maximum Gasteiger partial charge on any atom is 0.251 e. The third-order valence-electron chi connectivity index (χ3n) is 7.25. The summed E-state index contributed by atoms with van der Waals surface area (Å²) >= 11 is 0. The molecule has 1 aliphatic heterocycles. The minimum Gasteiger partial charge on any atom is -0.383 e. The maximum absolute atomic E-state index is 12.2. The van der Waals surface area contributed by atoms with Crippen LogP contribution in [0.25, 0.3) is 5.69 Å². The Kier molecular flexibility index (Phi) is 10.3. The van der Waals surface area contributed by atoms with Gasteiger partial charge in [-0.3, -0.25) is 9.59 Å². The Balaban J connectivity index is 0.000000178. The topological polar surface area (TPSA) is 110 Å². The number of aromatic nitrogens is 3. The molecule has 1 saturated carbocycles. The largest absolute Gasteiger partial charge is 0.383 e. The molecule has 3 aromatic rings. The fraction of sp³-hybridized carbons (Fsp3) is 0.448. The predicted octanol–water partition coefficient (Wildman–Crippen LogP) is 3.75. The molecule has 2 heterocycles. The highest BCUT2D eigenvalue weighted by Gasteiger charge is 2.27. The molecule has 2 aromatic carbocycles. The first kappa shape index (κ1) is 27.3. The number of hydrogen-bond acceptors (Lipinski definition) is 6.